The normalized spacial score (nSPS) is 14.7. The number of carbonyl (C=O) groups excluding carboxylic acids is 1. The molecule has 0 saturated carbocycles. The quantitative estimate of drug-likeness (QED) is 0.198. The first kappa shape index (κ1) is 30.1. The highest BCUT2D eigenvalue weighted by Gasteiger charge is 2.33. The van der Waals surface area contributed by atoms with Crippen LogP contribution in [0.25, 0.3) is 11.8 Å². The number of ether oxygens (including phenoxy) is 2. The monoisotopic (exact) mass is 617 g/mol. The van der Waals surface area contributed by atoms with Crippen LogP contribution in [0.2, 0.25) is 0 Å². The summed E-state index contributed by atoms with van der Waals surface area (Å²) in [6, 6.07) is 27.5. The molecule has 0 saturated heterocycles. The van der Waals surface area contributed by atoms with E-state index < -0.39 is 12.0 Å². The number of carbonyl (C=O) groups is 1. The van der Waals surface area contributed by atoms with Crippen LogP contribution in [-0.2, 0) is 16.1 Å². The minimum Gasteiger partial charge on any atom is -0.489 e. The highest BCUT2D eigenvalue weighted by molar-refractivity contribution is 7.07. The molecule has 1 aliphatic heterocycles. The van der Waals surface area contributed by atoms with Gasteiger partial charge in [0.15, 0.2) is 4.80 Å². The van der Waals surface area contributed by atoms with E-state index in [-0.39, 0.29) is 12.2 Å². The third-order valence-corrected chi connectivity index (χ3v) is 8.99. The van der Waals surface area contributed by atoms with Crippen LogP contribution >= 0.6 is 11.3 Å². The first-order valence-corrected chi connectivity index (χ1v) is 15.8. The molecule has 45 heavy (non-hydrogen) atoms. The molecule has 0 unspecified atom stereocenters. The number of hydrogen-bond donors (Lipinski definition) is 0. The minimum atomic E-state index is -0.627. The molecule has 3 heterocycles. The summed E-state index contributed by atoms with van der Waals surface area (Å²) >= 11 is 1.33. The third-order valence-electron chi connectivity index (χ3n) is 8.01. The van der Waals surface area contributed by atoms with Crippen LogP contribution in [-0.4, -0.2) is 21.7 Å². The summed E-state index contributed by atoms with van der Waals surface area (Å²) in [4.78, 5) is 32.5. The molecular weight excluding hydrogens is 582 g/mol. The maximum absolute atomic E-state index is 14.1. The first-order chi connectivity index (χ1) is 21.7. The van der Waals surface area contributed by atoms with Gasteiger partial charge in [-0.3, -0.25) is 9.36 Å². The van der Waals surface area contributed by atoms with Gasteiger partial charge in [-0.15, -0.1) is 0 Å². The Hall–Kier alpha value is -4.95. The van der Waals surface area contributed by atoms with Crippen molar-refractivity contribution in [3.8, 4) is 11.4 Å². The average molecular weight is 618 g/mol. The van der Waals surface area contributed by atoms with Crippen LogP contribution in [0.15, 0.2) is 106 Å². The number of esters is 1. The molecule has 228 valence electrons. The van der Waals surface area contributed by atoms with Crippen molar-refractivity contribution in [2.75, 3.05) is 6.61 Å². The number of allylic oxidation sites excluding steroid dienone is 1. The predicted molar refractivity (Wildman–Crippen MR) is 178 cm³/mol. The molecule has 0 N–H and O–H groups in total. The summed E-state index contributed by atoms with van der Waals surface area (Å²) in [5.74, 6) is 0.339. The Kier molecular flexibility index (Phi) is 8.41. The number of fused-ring (bicyclic) bond motifs is 1. The van der Waals surface area contributed by atoms with Gasteiger partial charge in [-0.2, -0.15) is 0 Å². The van der Waals surface area contributed by atoms with E-state index in [1.54, 1.807) is 18.4 Å². The fourth-order valence-electron chi connectivity index (χ4n) is 5.76. The molecule has 5 aromatic rings. The Balaban J connectivity index is 1.36. The Labute approximate surface area is 266 Å². The number of aryl methyl sites for hydroxylation is 2. The molecule has 0 amide bonds. The van der Waals surface area contributed by atoms with Crippen molar-refractivity contribution in [1.29, 1.82) is 0 Å². The van der Waals surface area contributed by atoms with Crippen molar-refractivity contribution in [2.24, 2.45) is 4.99 Å². The Morgan fingerprint density at radius 2 is 1.67 bits per heavy atom. The lowest BCUT2D eigenvalue weighted by Gasteiger charge is -2.24. The summed E-state index contributed by atoms with van der Waals surface area (Å²) in [5, 5.41) is 0. The number of thiazole rings is 1. The van der Waals surface area contributed by atoms with Gasteiger partial charge in [0.1, 0.15) is 12.4 Å². The standard InChI is InChI=1S/C37H35N3O4S/c1-6-43-36(42)33-25(4)38-37-40(34(33)28-14-12-23(2)13-15-28)35(41)32(45-37)21-29-20-24(3)39(26(29)5)30-16-18-31(19-17-30)44-22-27-10-8-7-9-11-27/h7-21,34H,6,22H2,1-5H3/b32-21-/t34-/m1/s1. The highest BCUT2D eigenvalue weighted by Crippen LogP contribution is 2.31. The topological polar surface area (TPSA) is 74.8 Å². The molecule has 0 fully saturated rings. The van der Waals surface area contributed by atoms with Gasteiger partial charge >= 0.3 is 5.97 Å². The van der Waals surface area contributed by atoms with Gasteiger partial charge in [0.05, 0.1) is 28.5 Å². The lowest BCUT2D eigenvalue weighted by Crippen LogP contribution is -2.39. The third kappa shape index (κ3) is 5.93. The fraction of sp³-hybridized carbons (Fsp3) is 0.216. The number of nitrogens with zero attached hydrogens (tertiary/aromatic N) is 3. The van der Waals surface area contributed by atoms with Crippen molar-refractivity contribution in [1.82, 2.24) is 9.13 Å². The van der Waals surface area contributed by atoms with E-state index in [1.165, 1.54) is 11.3 Å². The SMILES string of the molecule is CCOC(=O)C1=C(C)N=c2s/c(=C\c3cc(C)n(-c4ccc(OCc5ccccc5)cc4)c3C)c(=O)n2[C@@H]1c1ccc(C)cc1. The summed E-state index contributed by atoms with van der Waals surface area (Å²) in [7, 11) is 0. The molecule has 1 aliphatic rings. The molecule has 1 atom stereocenters. The molecule has 0 spiro atoms. The van der Waals surface area contributed by atoms with Gasteiger partial charge in [0.2, 0.25) is 0 Å². The van der Waals surface area contributed by atoms with Crippen LogP contribution < -0.4 is 19.6 Å². The van der Waals surface area contributed by atoms with Crippen molar-refractivity contribution in [2.45, 2.75) is 47.3 Å². The molecular formula is C37H35N3O4S. The van der Waals surface area contributed by atoms with Crippen molar-refractivity contribution in [3.05, 3.63) is 150 Å². The maximum atomic E-state index is 14.1. The summed E-state index contributed by atoms with van der Waals surface area (Å²) in [6.45, 7) is 10.4. The van der Waals surface area contributed by atoms with Crippen molar-refractivity contribution < 1.29 is 14.3 Å². The molecule has 6 rings (SSSR count). The predicted octanol–water partition coefficient (Wildman–Crippen LogP) is 6.09. The van der Waals surface area contributed by atoms with Crippen LogP contribution in [0.3, 0.4) is 0 Å². The van der Waals surface area contributed by atoms with Gasteiger partial charge in [-0.1, -0.05) is 71.5 Å². The summed E-state index contributed by atoms with van der Waals surface area (Å²) in [5.41, 5.74) is 7.79. The van der Waals surface area contributed by atoms with Crippen LogP contribution in [0.5, 0.6) is 5.75 Å². The Bertz CT molecular complexity index is 2080. The van der Waals surface area contributed by atoms with Gasteiger partial charge in [-0.05, 0) is 87.7 Å². The maximum Gasteiger partial charge on any atom is 0.338 e. The van der Waals surface area contributed by atoms with E-state index in [4.69, 9.17) is 14.5 Å². The van der Waals surface area contributed by atoms with E-state index in [1.807, 2.05) is 98.8 Å². The lowest BCUT2D eigenvalue weighted by molar-refractivity contribution is -0.139. The minimum absolute atomic E-state index is 0.191. The first-order valence-electron chi connectivity index (χ1n) is 15.0. The van der Waals surface area contributed by atoms with Crippen LogP contribution in [0, 0.1) is 20.8 Å². The zero-order valence-electron chi connectivity index (χ0n) is 26.0. The second-order valence-corrected chi connectivity index (χ2v) is 12.2. The van der Waals surface area contributed by atoms with E-state index in [0.717, 1.165) is 45.1 Å². The molecule has 7 nitrogen and oxygen atoms in total. The molecule has 0 aliphatic carbocycles. The molecule has 0 bridgehead atoms. The number of aromatic nitrogens is 2. The number of hydrogen-bond acceptors (Lipinski definition) is 6. The molecule has 8 heteroatoms. The van der Waals surface area contributed by atoms with Gasteiger partial charge in [-0.25, -0.2) is 9.79 Å². The van der Waals surface area contributed by atoms with Crippen molar-refractivity contribution >= 4 is 23.4 Å². The second kappa shape index (κ2) is 12.6. The fourth-order valence-corrected chi connectivity index (χ4v) is 6.80. The van der Waals surface area contributed by atoms with Crippen molar-refractivity contribution in [3.63, 3.8) is 0 Å². The second-order valence-electron chi connectivity index (χ2n) is 11.1. The molecule has 0 radical (unpaired) electrons. The summed E-state index contributed by atoms with van der Waals surface area (Å²) < 4.78 is 15.7. The van der Waals surface area contributed by atoms with E-state index in [0.29, 0.717) is 27.2 Å². The zero-order chi connectivity index (χ0) is 31.7. The van der Waals surface area contributed by atoms with E-state index in [2.05, 4.69) is 17.6 Å². The van der Waals surface area contributed by atoms with Crippen LogP contribution in [0.4, 0.5) is 0 Å². The number of benzene rings is 3. The highest BCUT2D eigenvalue weighted by atomic mass is 32.1. The van der Waals surface area contributed by atoms with E-state index >= 15 is 0 Å². The average Bonchev–Trinajstić information content (AvgIpc) is 3.49. The molecule has 3 aromatic carbocycles. The Morgan fingerprint density at radius 3 is 2.36 bits per heavy atom. The zero-order valence-corrected chi connectivity index (χ0v) is 26.9. The van der Waals surface area contributed by atoms with Gasteiger partial charge < -0.3 is 14.0 Å². The smallest absolute Gasteiger partial charge is 0.338 e. The number of rotatable bonds is 8. The Morgan fingerprint density at radius 1 is 0.956 bits per heavy atom. The molecule has 2 aromatic heterocycles. The van der Waals surface area contributed by atoms with E-state index in [9.17, 15) is 9.59 Å². The van der Waals surface area contributed by atoms with Gasteiger partial charge in [0, 0.05) is 17.1 Å². The lowest BCUT2D eigenvalue weighted by atomic mass is 9.95. The van der Waals surface area contributed by atoms with Crippen LogP contribution in [0.1, 0.15) is 53.5 Å². The summed E-state index contributed by atoms with van der Waals surface area (Å²) in [6.07, 6.45) is 1.93. The van der Waals surface area contributed by atoms with Gasteiger partial charge in [0.25, 0.3) is 5.56 Å². The largest absolute Gasteiger partial charge is 0.489 e.